The van der Waals surface area contributed by atoms with Crippen molar-refractivity contribution < 1.29 is 18.7 Å². The fourth-order valence-corrected chi connectivity index (χ4v) is 3.48. The lowest BCUT2D eigenvalue weighted by molar-refractivity contribution is -0.122. The van der Waals surface area contributed by atoms with E-state index in [0.29, 0.717) is 24.0 Å². The second-order valence-corrected chi connectivity index (χ2v) is 7.53. The van der Waals surface area contributed by atoms with Crippen LogP contribution in [0.5, 0.6) is 11.5 Å². The lowest BCUT2D eigenvalue weighted by atomic mass is 9.93. The molecule has 1 aliphatic rings. The van der Waals surface area contributed by atoms with Crippen molar-refractivity contribution in [1.29, 1.82) is 0 Å². The summed E-state index contributed by atoms with van der Waals surface area (Å²) in [5.74, 6) is 2.26. The summed E-state index contributed by atoms with van der Waals surface area (Å²) in [7, 11) is 0. The minimum Gasteiger partial charge on any atom is -0.454 e. The molecule has 3 aromatic rings. The molecule has 140 valence electrons. The number of hydrogen-bond acceptors (Lipinski definition) is 7. The molecular formula is C19H19N3O4S. The van der Waals surface area contributed by atoms with Gasteiger partial charge >= 0.3 is 0 Å². The molecule has 0 saturated carbocycles. The third-order valence-electron chi connectivity index (χ3n) is 4.35. The Kier molecular flexibility index (Phi) is 4.57. The monoisotopic (exact) mass is 385 g/mol. The highest BCUT2D eigenvalue weighted by Crippen LogP contribution is 2.35. The molecule has 1 aromatic carbocycles. The Morgan fingerprint density at radius 1 is 1.22 bits per heavy atom. The van der Waals surface area contributed by atoms with E-state index in [-0.39, 0.29) is 19.1 Å². The Balaban J connectivity index is 1.36. The van der Waals surface area contributed by atoms with Crippen molar-refractivity contribution in [2.75, 3.05) is 6.79 Å². The summed E-state index contributed by atoms with van der Waals surface area (Å²) in [5.41, 5.74) is 1.29. The van der Waals surface area contributed by atoms with Crippen LogP contribution in [-0.2, 0) is 16.8 Å². The highest BCUT2D eigenvalue weighted by Gasteiger charge is 2.25. The van der Waals surface area contributed by atoms with Crippen LogP contribution < -0.4 is 14.8 Å². The number of aromatic nitrogens is 2. The molecule has 3 heterocycles. The normalized spacial score (nSPS) is 13.0. The summed E-state index contributed by atoms with van der Waals surface area (Å²) in [6.07, 6.45) is 0.652. The van der Waals surface area contributed by atoms with Gasteiger partial charge in [-0.1, -0.05) is 6.07 Å². The highest BCUT2D eigenvalue weighted by molar-refractivity contribution is 7.08. The van der Waals surface area contributed by atoms with E-state index >= 15 is 0 Å². The number of thiophene rings is 1. The molecule has 0 spiro atoms. The number of nitrogens with zero attached hydrogens (tertiary/aromatic N) is 2. The number of carbonyl (C=O) groups is 1. The summed E-state index contributed by atoms with van der Waals surface area (Å²) >= 11 is 1.56. The Morgan fingerprint density at radius 2 is 2.07 bits per heavy atom. The van der Waals surface area contributed by atoms with Crippen molar-refractivity contribution in [3.8, 4) is 23.0 Å². The standard InChI is InChI=1S/C19H19N3O4S/c1-19(2,13-3-4-14-15(9-13)25-11-24-14)20-16(23)5-6-17-21-22-18(26-17)12-7-8-27-10-12/h3-4,7-10H,5-6,11H2,1-2H3,(H,20,23). The lowest BCUT2D eigenvalue weighted by Crippen LogP contribution is -2.41. The first-order valence-corrected chi connectivity index (χ1v) is 9.52. The number of amides is 1. The maximum atomic E-state index is 12.4. The van der Waals surface area contributed by atoms with Gasteiger partial charge in [0.2, 0.25) is 24.5 Å². The van der Waals surface area contributed by atoms with Gasteiger partial charge in [0.05, 0.1) is 5.54 Å². The van der Waals surface area contributed by atoms with E-state index in [1.807, 2.05) is 48.9 Å². The first kappa shape index (κ1) is 17.5. The van der Waals surface area contributed by atoms with Crippen LogP contribution in [0, 0.1) is 0 Å². The molecule has 0 bridgehead atoms. The van der Waals surface area contributed by atoms with Gasteiger partial charge in [0.15, 0.2) is 11.5 Å². The van der Waals surface area contributed by atoms with Crippen LogP contribution in [0.15, 0.2) is 39.4 Å². The molecule has 0 aliphatic carbocycles. The minimum atomic E-state index is -0.547. The van der Waals surface area contributed by atoms with Gasteiger partial charge in [-0.3, -0.25) is 4.79 Å². The number of ether oxygens (including phenoxy) is 2. The molecular weight excluding hydrogens is 366 g/mol. The molecule has 0 atom stereocenters. The molecule has 1 amide bonds. The predicted molar refractivity (Wildman–Crippen MR) is 99.7 cm³/mol. The van der Waals surface area contributed by atoms with Gasteiger partial charge in [0.1, 0.15) is 0 Å². The Hall–Kier alpha value is -2.87. The van der Waals surface area contributed by atoms with Gasteiger partial charge < -0.3 is 19.2 Å². The number of benzene rings is 1. The second kappa shape index (κ2) is 7.03. The number of carbonyl (C=O) groups excluding carboxylic acids is 1. The average Bonchev–Trinajstić information content (AvgIpc) is 3.39. The van der Waals surface area contributed by atoms with Crippen LogP contribution in [0.4, 0.5) is 0 Å². The topological polar surface area (TPSA) is 86.5 Å². The Labute approximate surface area is 160 Å². The van der Waals surface area contributed by atoms with Gasteiger partial charge in [0, 0.05) is 23.8 Å². The zero-order valence-electron chi connectivity index (χ0n) is 15.0. The summed E-state index contributed by atoms with van der Waals surface area (Å²) in [6.45, 7) is 4.12. The van der Waals surface area contributed by atoms with E-state index < -0.39 is 5.54 Å². The first-order chi connectivity index (χ1) is 13.0. The summed E-state index contributed by atoms with van der Waals surface area (Å²) in [6, 6.07) is 7.60. The Bertz CT molecular complexity index is 950. The molecule has 0 radical (unpaired) electrons. The molecule has 0 unspecified atom stereocenters. The SMILES string of the molecule is CC(C)(NC(=O)CCc1nnc(-c2ccsc2)o1)c1ccc2c(c1)OCO2. The van der Waals surface area contributed by atoms with Gasteiger partial charge in [-0.2, -0.15) is 11.3 Å². The van der Waals surface area contributed by atoms with Crippen molar-refractivity contribution in [3.63, 3.8) is 0 Å². The quantitative estimate of drug-likeness (QED) is 0.699. The van der Waals surface area contributed by atoms with E-state index in [1.165, 1.54) is 0 Å². The number of rotatable bonds is 6. The van der Waals surface area contributed by atoms with Gasteiger partial charge in [0.25, 0.3) is 0 Å². The summed E-state index contributed by atoms with van der Waals surface area (Å²) < 4.78 is 16.4. The second-order valence-electron chi connectivity index (χ2n) is 6.75. The van der Waals surface area contributed by atoms with Crippen LogP contribution in [0.25, 0.3) is 11.5 Å². The summed E-state index contributed by atoms with van der Waals surface area (Å²) in [4.78, 5) is 12.4. The lowest BCUT2D eigenvalue weighted by Gasteiger charge is -2.27. The van der Waals surface area contributed by atoms with Gasteiger partial charge in [-0.05, 0) is 43.0 Å². The first-order valence-electron chi connectivity index (χ1n) is 8.57. The largest absolute Gasteiger partial charge is 0.454 e. The molecule has 1 N–H and O–H groups in total. The smallest absolute Gasteiger partial charge is 0.248 e. The van der Waals surface area contributed by atoms with Gasteiger partial charge in [-0.15, -0.1) is 10.2 Å². The number of hydrogen-bond donors (Lipinski definition) is 1. The summed E-state index contributed by atoms with van der Waals surface area (Å²) in [5, 5.41) is 15.0. The number of aryl methyl sites for hydroxylation is 1. The zero-order chi connectivity index (χ0) is 18.9. The van der Waals surface area contributed by atoms with Crippen molar-refractivity contribution in [2.24, 2.45) is 0 Å². The number of fused-ring (bicyclic) bond motifs is 1. The van der Waals surface area contributed by atoms with Crippen LogP contribution in [0.3, 0.4) is 0 Å². The van der Waals surface area contributed by atoms with Crippen LogP contribution in [0.1, 0.15) is 31.7 Å². The van der Waals surface area contributed by atoms with E-state index in [2.05, 4.69) is 15.5 Å². The van der Waals surface area contributed by atoms with Crippen molar-refractivity contribution in [2.45, 2.75) is 32.2 Å². The van der Waals surface area contributed by atoms with Crippen molar-refractivity contribution >= 4 is 17.2 Å². The maximum absolute atomic E-state index is 12.4. The van der Waals surface area contributed by atoms with E-state index in [4.69, 9.17) is 13.9 Å². The third-order valence-corrected chi connectivity index (χ3v) is 5.03. The zero-order valence-corrected chi connectivity index (χ0v) is 15.8. The highest BCUT2D eigenvalue weighted by atomic mass is 32.1. The minimum absolute atomic E-state index is 0.0899. The number of nitrogens with one attached hydrogen (secondary N) is 1. The van der Waals surface area contributed by atoms with E-state index in [0.717, 1.165) is 16.9 Å². The Morgan fingerprint density at radius 3 is 2.89 bits per heavy atom. The molecule has 27 heavy (non-hydrogen) atoms. The fraction of sp³-hybridized carbons (Fsp3) is 0.316. The maximum Gasteiger partial charge on any atom is 0.248 e. The molecule has 2 aromatic heterocycles. The molecule has 0 saturated heterocycles. The molecule has 0 fully saturated rings. The molecule has 7 nitrogen and oxygen atoms in total. The predicted octanol–water partition coefficient (Wildman–Crippen LogP) is 3.51. The van der Waals surface area contributed by atoms with Crippen LogP contribution >= 0.6 is 11.3 Å². The van der Waals surface area contributed by atoms with Crippen LogP contribution in [0.2, 0.25) is 0 Å². The van der Waals surface area contributed by atoms with E-state index in [1.54, 1.807) is 11.3 Å². The average molecular weight is 385 g/mol. The molecule has 4 rings (SSSR count). The molecule has 1 aliphatic heterocycles. The van der Waals surface area contributed by atoms with E-state index in [9.17, 15) is 4.79 Å². The van der Waals surface area contributed by atoms with Crippen molar-refractivity contribution in [1.82, 2.24) is 15.5 Å². The van der Waals surface area contributed by atoms with Crippen molar-refractivity contribution in [3.05, 3.63) is 46.5 Å². The molecule has 8 heteroatoms. The van der Waals surface area contributed by atoms with Gasteiger partial charge in [-0.25, -0.2) is 0 Å². The van der Waals surface area contributed by atoms with Crippen LogP contribution in [-0.4, -0.2) is 22.9 Å². The fourth-order valence-electron chi connectivity index (χ4n) is 2.85. The third kappa shape index (κ3) is 3.80.